The summed E-state index contributed by atoms with van der Waals surface area (Å²) in [5, 5.41) is 2.43. The van der Waals surface area contributed by atoms with Gasteiger partial charge in [0.25, 0.3) is 0 Å². The van der Waals surface area contributed by atoms with E-state index >= 15 is 0 Å². The van der Waals surface area contributed by atoms with Crippen molar-refractivity contribution in [1.82, 2.24) is 0 Å². The number of anilines is 3. The smallest absolute Gasteiger partial charge is 0.0714 e. The second kappa shape index (κ2) is 12.8. The zero-order valence-corrected chi connectivity index (χ0v) is 32.2. The molecule has 0 saturated carbocycles. The van der Waals surface area contributed by atoms with E-state index in [4.69, 9.17) is 0 Å². The molecule has 1 nitrogen and oxygen atoms in total. The maximum atomic E-state index is 2.52. The summed E-state index contributed by atoms with van der Waals surface area (Å²) in [5.41, 5.74) is 18.3. The first kappa shape index (κ1) is 33.4. The number of hydrogen-bond donors (Lipinski definition) is 0. The highest BCUT2D eigenvalue weighted by molar-refractivity contribution is 6.01. The minimum atomic E-state index is -0.509. The Kier molecular flexibility index (Phi) is 7.50. The van der Waals surface area contributed by atoms with Crippen LogP contribution < -0.4 is 4.90 Å². The molecule has 0 aromatic heterocycles. The van der Waals surface area contributed by atoms with Crippen molar-refractivity contribution in [3.8, 4) is 33.4 Å². The van der Waals surface area contributed by atoms with Gasteiger partial charge in [0.2, 0.25) is 0 Å². The van der Waals surface area contributed by atoms with Crippen LogP contribution in [0.5, 0.6) is 0 Å². The van der Waals surface area contributed by atoms with Crippen LogP contribution in [-0.2, 0) is 10.8 Å². The minimum Gasteiger partial charge on any atom is -0.310 e. The van der Waals surface area contributed by atoms with Gasteiger partial charge in [0.05, 0.1) is 11.1 Å². The van der Waals surface area contributed by atoms with Crippen LogP contribution in [0.2, 0.25) is 0 Å². The Bertz CT molecular complexity index is 2930. The number of fused-ring (bicyclic) bond motifs is 7. The van der Waals surface area contributed by atoms with Crippen LogP contribution in [0.1, 0.15) is 47.2 Å². The van der Waals surface area contributed by atoms with E-state index in [9.17, 15) is 0 Å². The summed E-state index contributed by atoms with van der Waals surface area (Å²) in [5.74, 6) is 0. The third-order valence-corrected chi connectivity index (χ3v) is 12.7. The van der Waals surface area contributed by atoms with E-state index in [2.05, 4.69) is 231 Å². The minimum absolute atomic E-state index is 0.162. The second-order valence-electron chi connectivity index (χ2n) is 16.0. The summed E-state index contributed by atoms with van der Waals surface area (Å²) in [6.45, 7) is 4.77. The average Bonchev–Trinajstić information content (AvgIpc) is 3.70. The zero-order valence-electron chi connectivity index (χ0n) is 32.2. The van der Waals surface area contributed by atoms with Crippen molar-refractivity contribution in [2.24, 2.45) is 0 Å². The summed E-state index contributed by atoms with van der Waals surface area (Å²) in [4.78, 5) is 2.52. The van der Waals surface area contributed by atoms with Gasteiger partial charge in [-0.3, -0.25) is 0 Å². The topological polar surface area (TPSA) is 3.24 Å². The zero-order chi connectivity index (χ0) is 38.1. The molecule has 0 fully saturated rings. The molecule has 2 aliphatic carbocycles. The molecule has 0 atom stereocenters. The lowest BCUT2D eigenvalue weighted by molar-refractivity contribution is 0.662. The Morgan fingerprint density at radius 1 is 0.368 bits per heavy atom. The maximum Gasteiger partial charge on any atom is 0.0714 e. The van der Waals surface area contributed by atoms with E-state index in [-0.39, 0.29) is 5.41 Å². The lowest BCUT2D eigenvalue weighted by Crippen LogP contribution is -2.28. The Hall–Kier alpha value is -6.96. The highest BCUT2D eigenvalue weighted by Gasteiger charge is 2.46. The van der Waals surface area contributed by atoms with Crippen molar-refractivity contribution in [1.29, 1.82) is 0 Å². The lowest BCUT2D eigenvalue weighted by Gasteiger charge is -2.35. The van der Waals surface area contributed by atoms with Crippen LogP contribution in [0.15, 0.2) is 212 Å². The molecule has 11 rings (SSSR count). The SMILES string of the molecule is CC1(C)c2ccccc2-c2cc(N(c3ccc4c(c3)C(c3ccccc3)(c3ccccc3)c3ccccc3-4)c3cccc4ccccc34)cc(-c3ccccc3)c21. The summed E-state index contributed by atoms with van der Waals surface area (Å²) < 4.78 is 0. The van der Waals surface area contributed by atoms with Crippen LogP contribution in [0, 0.1) is 0 Å². The van der Waals surface area contributed by atoms with E-state index in [0.717, 1.165) is 17.1 Å². The van der Waals surface area contributed by atoms with E-state index in [0.29, 0.717) is 0 Å². The molecular formula is C56H41N. The lowest BCUT2D eigenvalue weighted by atomic mass is 9.67. The van der Waals surface area contributed by atoms with Gasteiger partial charge < -0.3 is 4.90 Å². The van der Waals surface area contributed by atoms with Gasteiger partial charge in [-0.2, -0.15) is 0 Å². The molecule has 0 aliphatic heterocycles. The average molecular weight is 728 g/mol. The van der Waals surface area contributed by atoms with Gasteiger partial charge in [-0.25, -0.2) is 0 Å². The number of rotatable bonds is 6. The fourth-order valence-corrected chi connectivity index (χ4v) is 10.3. The highest BCUT2D eigenvalue weighted by Crippen LogP contribution is 2.58. The number of hydrogen-bond acceptors (Lipinski definition) is 1. The normalized spacial score (nSPS) is 14.1. The van der Waals surface area contributed by atoms with Crippen LogP contribution in [0.3, 0.4) is 0 Å². The number of nitrogens with zero attached hydrogens (tertiary/aromatic N) is 1. The van der Waals surface area contributed by atoms with Gasteiger partial charge in [-0.15, -0.1) is 0 Å². The predicted molar refractivity (Wildman–Crippen MR) is 239 cm³/mol. The summed E-state index contributed by atoms with van der Waals surface area (Å²) in [7, 11) is 0. The molecule has 0 bridgehead atoms. The standard InChI is InChI=1S/C56H41N/c1-55(2)50-30-16-14-29-46(50)49-36-43(35-48(54(49)55)39-19-6-3-7-20-39)57(53-32-18-22-38-21-12-13-27-44(38)53)42-33-34-47-45-28-15-17-31-51(45)56(52(47)37-42,40-23-8-4-9-24-40)41-25-10-5-11-26-41/h3-37H,1-2H3. The Labute approximate surface area is 335 Å². The van der Waals surface area contributed by atoms with Gasteiger partial charge in [0.1, 0.15) is 0 Å². The van der Waals surface area contributed by atoms with Gasteiger partial charge in [0.15, 0.2) is 0 Å². The molecular weight excluding hydrogens is 687 g/mol. The Morgan fingerprint density at radius 2 is 0.912 bits per heavy atom. The van der Waals surface area contributed by atoms with Crippen LogP contribution >= 0.6 is 0 Å². The summed E-state index contributed by atoms with van der Waals surface area (Å²) in [6, 6.07) is 78.8. The molecule has 0 heterocycles. The van der Waals surface area contributed by atoms with Crippen molar-refractivity contribution < 1.29 is 0 Å². The predicted octanol–water partition coefficient (Wildman–Crippen LogP) is 14.6. The molecule has 0 spiro atoms. The molecule has 2 aliphatic rings. The second-order valence-corrected chi connectivity index (χ2v) is 16.0. The molecule has 57 heavy (non-hydrogen) atoms. The third kappa shape index (κ3) is 4.89. The molecule has 0 radical (unpaired) electrons. The van der Waals surface area contributed by atoms with Crippen molar-refractivity contribution >= 4 is 27.8 Å². The van der Waals surface area contributed by atoms with Crippen molar-refractivity contribution in [3.05, 3.63) is 246 Å². The molecule has 0 unspecified atom stereocenters. The van der Waals surface area contributed by atoms with Crippen molar-refractivity contribution in [2.45, 2.75) is 24.7 Å². The molecule has 270 valence electrons. The molecule has 0 saturated heterocycles. The monoisotopic (exact) mass is 727 g/mol. The molecule has 0 amide bonds. The summed E-state index contributed by atoms with van der Waals surface area (Å²) >= 11 is 0. The largest absolute Gasteiger partial charge is 0.310 e. The fourth-order valence-electron chi connectivity index (χ4n) is 10.3. The summed E-state index contributed by atoms with van der Waals surface area (Å²) in [6.07, 6.45) is 0. The molecule has 1 heteroatoms. The third-order valence-electron chi connectivity index (χ3n) is 12.7. The fraction of sp³-hybridized carbons (Fsp3) is 0.0714. The molecule has 0 N–H and O–H groups in total. The van der Waals surface area contributed by atoms with Crippen LogP contribution in [0.25, 0.3) is 44.2 Å². The van der Waals surface area contributed by atoms with Crippen molar-refractivity contribution in [3.63, 3.8) is 0 Å². The number of benzene rings is 9. The van der Waals surface area contributed by atoms with Crippen LogP contribution in [-0.4, -0.2) is 0 Å². The Balaban J connectivity index is 1.24. The quantitative estimate of drug-likeness (QED) is 0.165. The van der Waals surface area contributed by atoms with E-state index in [1.165, 1.54) is 77.5 Å². The first-order valence-corrected chi connectivity index (χ1v) is 20.0. The van der Waals surface area contributed by atoms with Gasteiger partial charge in [0, 0.05) is 22.2 Å². The molecule has 9 aromatic carbocycles. The van der Waals surface area contributed by atoms with Gasteiger partial charge in [-0.05, 0) is 102 Å². The van der Waals surface area contributed by atoms with Gasteiger partial charge >= 0.3 is 0 Å². The first-order chi connectivity index (χ1) is 28.0. The molecule has 9 aromatic rings. The van der Waals surface area contributed by atoms with E-state index < -0.39 is 5.41 Å². The highest BCUT2D eigenvalue weighted by atomic mass is 15.1. The van der Waals surface area contributed by atoms with Crippen molar-refractivity contribution in [2.75, 3.05) is 4.90 Å². The van der Waals surface area contributed by atoms with Gasteiger partial charge in [-0.1, -0.05) is 196 Å². The van der Waals surface area contributed by atoms with E-state index in [1.807, 2.05) is 0 Å². The maximum absolute atomic E-state index is 2.52. The first-order valence-electron chi connectivity index (χ1n) is 20.0. The Morgan fingerprint density at radius 3 is 1.63 bits per heavy atom. The van der Waals surface area contributed by atoms with E-state index in [1.54, 1.807) is 0 Å². The van der Waals surface area contributed by atoms with Crippen LogP contribution in [0.4, 0.5) is 17.1 Å².